The van der Waals surface area contributed by atoms with Crippen LogP contribution in [0.4, 0.5) is 0 Å². The molecular weight excluding hydrogens is 320 g/mol. The van der Waals surface area contributed by atoms with Gasteiger partial charge in [-0.2, -0.15) is 0 Å². The fourth-order valence-corrected chi connectivity index (χ4v) is 2.08. The molecule has 4 unspecified atom stereocenters. The first kappa shape index (κ1) is 14.7. The molecule has 1 saturated heterocycles. The molecule has 19 heavy (non-hydrogen) atoms. The predicted octanol–water partition coefficient (Wildman–Crippen LogP) is -0.372. The molecule has 1 heterocycles. The lowest BCUT2D eigenvalue weighted by molar-refractivity contribution is -0.277. The molecule has 1 aliphatic rings. The minimum atomic E-state index is -1.44. The van der Waals surface area contributed by atoms with E-state index in [4.69, 9.17) is 14.6 Å². The van der Waals surface area contributed by atoms with Crippen molar-refractivity contribution in [1.82, 2.24) is 0 Å². The smallest absolute Gasteiger partial charge is 0.229 e. The monoisotopic (exact) mass is 334 g/mol. The van der Waals surface area contributed by atoms with Crippen molar-refractivity contribution >= 4 is 15.9 Å². The molecule has 106 valence electrons. The maximum absolute atomic E-state index is 9.79. The van der Waals surface area contributed by atoms with Crippen molar-refractivity contribution in [3.8, 4) is 5.75 Å². The van der Waals surface area contributed by atoms with Gasteiger partial charge in [0.2, 0.25) is 6.29 Å². The molecule has 1 aromatic rings. The third-order valence-corrected chi connectivity index (χ3v) is 3.44. The zero-order chi connectivity index (χ0) is 14.0. The lowest BCUT2D eigenvalue weighted by Gasteiger charge is -2.39. The van der Waals surface area contributed by atoms with Crippen molar-refractivity contribution in [1.29, 1.82) is 0 Å². The van der Waals surface area contributed by atoms with Crippen LogP contribution in [0.2, 0.25) is 0 Å². The van der Waals surface area contributed by atoms with Crippen LogP contribution < -0.4 is 4.74 Å². The van der Waals surface area contributed by atoms with Gasteiger partial charge in [-0.1, -0.05) is 15.9 Å². The summed E-state index contributed by atoms with van der Waals surface area (Å²) in [5.41, 5.74) is 0. The highest BCUT2D eigenvalue weighted by Gasteiger charge is 2.44. The summed E-state index contributed by atoms with van der Waals surface area (Å²) in [6.45, 7) is -0.481. The molecule has 0 bridgehead atoms. The summed E-state index contributed by atoms with van der Waals surface area (Å²) in [7, 11) is 0. The van der Waals surface area contributed by atoms with Gasteiger partial charge in [0.15, 0.2) is 0 Å². The van der Waals surface area contributed by atoms with Gasteiger partial charge in [-0.3, -0.25) is 0 Å². The van der Waals surface area contributed by atoms with Crippen molar-refractivity contribution in [2.45, 2.75) is 30.7 Å². The Labute approximate surface area is 118 Å². The van der Waals surface area contributed by atoms with Gasteiger partial charge in [-0.15, -0.1) is 0 Å². The minimum Gasteiger partial charge on any atom is -0.462 e. The van der Waals surface area contributed by atoms with Gasteiger partial charge in [0.25, 0.3) is 0 Å². The molecule has 4 N–H and O–H groups in total. The molecule has 1 fully saturated rings. The van der Waals surface area contributed by atoms with Crippen molar-refractivity contribution in [2.24, 2.45) is 0 Å². The van der Waals surface area contributed by atoms with Gasteiger partial charge < -0.3 is 29.9 Å². The maximum Gasteiger partial charge on any atom is 0.229 e. The van der Waals surface area contributed by atoms with Crippen LogP contribution in [0.25, 0.3) is 0 Å². The van der Waals surface area contributed by atoms with E-state index in [-0.39, 0.29) is 0 Å². The maximum atomic E-state index is 9.79. The highest BCUT2D eigenvalue weighted by atomic mass is 79.9. The van der Waals surface area contributed by atoms with E-state index < -0.39 is 37.3 Å². The average molecular weight is 335 g/mol. The molecule has 0 aliphatic carbocycles. The van der Waals surface area contributed by atoms with E-state index in [1.165, 1.54) is 0 Å². The van der Waals surface area contributed by atoms with Gasteiger partial charge in [0.05, 0.1) is 6.61 Å². The molecule has 1 aliphatic heterocycles. The summed E-state index contributed by atoms with van der Waals surface area (Å²) in [5, 5.41) is 38.1. The number of aliphatic hydroxyl groups is 4. The Morgan fingerprint density at radius 3 is 2.26 bits per heavy atom. The van der Waals surface area contributed by atoms with E-state index in [1.807, 2.05) is 0 Å². The summed E-state index contributed by atoms with van der Waals surface area (Å²) >= 11 is 3.28. The Hall–Kier alpha value is -0.700. The number of rotatable bonds is 3. The van der Waals surface area contributed by atoms with Crippen LogP contribution >= 0.6 is 15.9 Å². The predicted molar refractivity (Wildman–Crippen MR) is 68.5 cm³/mol. The second kappa shape index (κ2) is 6.17. The molecule has 7 heteroatoms. The van der Waals surface area contributed by atoms with E-state index in [0.29, 0.717) is 5.75 Å². The molecule has 0 radical (unpaired) electrons. The number of hydrogen-bond donors (Lipinski definition) is 4. The van der Waals surface area contributed by atoms with Gasteiger partial charge in [0, 0.05) is 4.47 Å². The number of hydrogen-bond acceptors (Lipinski definition) is 6. The van der Waals surface area contributed by atoms with Crippen LogP contribution in [0, 0.1) is 0 Å². The van der Waals surface area contributed by atoms with Crippen molar-refractivity contribution in [2.75, 3.05) is 6.61 Å². The number of halogens is 1. The van der Waals surface area contributed by atoms with Gasteiger partial charge in [0.1, 0.15) is 30.2 Å². The van der Waals surface area contributed by atoms with Crippen LogP contribution in [0.3, 0.4) is 0 Å². The zero-order valence-corrected chi connectivity index (χ0v) is 11.5. The normalized spacial score (nSPS) is 35.1. The SMILES string of the molecule is OCC1OC(Oc2ccc(Br)cc2)C(O)C(O)[C@@H]1O. The average Bonchev–Trinajstić information content (AvgIpc) is 2.42. The lowest BCUT2D eigenvalue weighted by atomic mass is 9.99. The highest BCUT2D eigenvalue weighted by molar-refractivity contribution is 9.10. The second-order valence-electron chi connectivity index (χ2n) is 4.27. The van der Waals surface area contributed by atoms with Crippen LogP contribution in [0.1, 0.15) is 0 Å². The van der Waals surface area contributed by atoms with Crippen LogP contribution in [-0.4, -0.2) is 57.7 Å². The Bertz CT molecular complexity index is 409. The third kappa shape index (κ3) is 3.25. The Morgan fingerprint density at radius 2 is 1.68 bits per heavy atom. The molecule has 5 atom stereocenters. The van der Waals surface area contributed by atoms with Crippen LogP contribution in [0.15, 0.2) is 28.7 Å². The summed E-state index contributed by atoms with van der Waals surface area (Å²) in [5.74, 6) is 0.438. The largest absolute Gasteiger partial charge is 0.462 e. The van der Waals surface area contributed by atoms with Crippen molar-refractivity contribution in [3.05, 3.63) is 28.7 Å². The summed E-state index contributed by atoms with van der Waals surface area (Å²) in [4.78, 5) is 0. The molecule has 0 saturated carbocycles. The highest BCUT2D eigenvalue weighted by Crippen LogP contribution is 2.25. The molecular formula is C12H15BrO6. The van der Waals surface area contributed by atoms with Gasteiger partial charge in [-0.25, -0.2) is 0 Å². The quantitative estimate of drug-likeness (QED) is 0.602. The second-order valence-corrected chi connectivity index (χ2v) is 5.18. The molecule has 0 amide bonds. The summed E-state index contributed by atoms with van der Waals surface area (Å²) < 4.78 is 11.5. The number of benzene rings is 1. The van der Waals surface area contributed by atoms with Crippen molar-refractivity contribution < 1.29 is 29.9 Å². The van der Waals surface area contributed by atoms with Gasteiger partial charge >= 0.3 is 0 Å². The third-order valence-electron chi connectivity index (χ3n) is 2.91. The minimum absolute atomic E-state index is 0.438. The molecule has 2 rings (SSSR count). The molecule has 0 spiro atoms. The number of aliphatic hydroxyl groups excluding tert-OH is 4. The fraction of sp³-hybridized carbons (Fsp3) is 0.500. The first-order valence-corrected chi connectivity index (χ1v) is 6.55. The molecule has 1 aromatic carbocycles. The Balaban J connectivity index is 2.08. The fourth-order valence-electron chi connectivity index (χ4n) is 1.81. The Kier molecular flexibility index (Phi) is 4.77. The van der Waals surface area contributed by atoms with E-state index in [0.717, 1.165) is 4.47 Å². The van der Waals surface area contributed by atoms with Crippen LogP contribution in [0.5, 0.6) is 5.75 Å². The molecule has 0 aromatic heterocycles. The first-order valence-electron chi connectivity index (χ1n) is 5.75. The van der Waals surface area contributed by atoms with Crippen LogP contribution in [-0.2, 0) is 4.74 Å². The summed E-state index contributed by atoms with van der Waals surface area (Å²) in [6.07, 6.45) is -6.35. The topological polar surface area (TPSA) is 99.4 Å². The van der Waals surface area contributed by atoms with E-state index in [1.54, 1.807) is 24.3 Å². The number of ether oxygens (including phenoxy) is 2. The first-order chi connectivity index (χ1) is 9.02. The molecule has 6 nitrogen and oxygen atoms in total. The lowest BCUT2D eigenvalue weighted by Crippen LogP contribution is -2.60. The van der Waals surface area contributed by atoms with Gasteiger partial charge in [-0.05, 0) is 24.3 Å². The standard InChI is InChI=1S/C12H15BrO6/c13-6-1-3-7(4-2-6)18-12-11(17)10(16)9(15)8(5-14)19-12/h1-4,8-12,14-17H,5H2/t8?,9-,10?,11?,12?/m1/s1. The van der Waals surface area contributed by atoms with E-state index in [9.17, 15) is 15.3 Å². The zero-order valence-electron chi connectivity index (χ0n) is 9.89. The van der Waals surface area contributed by atoms with E-state index >= 15 is 0 Å². The Morgan fingerprint density at radius 1 is 1.05 bits per heavy atom. The summed E-state index contributed by atoms with van der Waals surface area (Å²) in [6, 6.07) is 6.82. The van der Waals surface area contributed by atoms with E-state index in [2.05, 4.69) is 15.9 Å². The van der Waals surface area contributed by atoms with Crippen molar-refractivity contribution in [3.63, 3.8) is 0 Å².